The molecule has 106 valence electrons. The van der Waals surface area contributed by atoms with Gasteiger partial charge in [0.1, 0.15) is 0 Å². The van der Waals surface area contributed by atoms with Crippen molar-refractivity contribution in [1.29, 1.82) is 0 Å². The minimum Gasteiger partial charge on any atom is -0.784 e. The second-order valence-corrected chi connectivity index (χ2v) is 6.22. The Kier molecular flexibility index (Phi) is 5.35. The molecule has 0 radical (unpaired) electrons. The van der Waals surface area contributed by atoms with Crippen LogP contribution in [-0.4, -0.2) is 5.06 Å². The first-order valence-electron chi connectivity index (χ1n) is 6.81. The van der Waals surface area contributed by atoms with Crippen LogP contribution in [-0.2, 0) is 6.54 Å². The summed E-state index contributed by atoms with van der Waals surface area (Å²) in [6.07, 6.45) is 0. The molecule has 0 fully saturated rings. The van der Waals surface area contributed by atoms with Crippen molar-refractivity contribution in [3.63, 3.8) is 0 Å². The Morgan fingerprint density at radius 1 is 1.00 bits per heavy atom. The SMILES string of the molecule is CC(C)C(c1ccc(Br)cc1)N([O-])Cc1ccccc1. The van der Waals surface area contributed by atoms with Gasteiger partial charge in [0.25, 0.3) is 0 Å². The second-order valence-electron chi connectivity index (χ2n) is 5.30. The first kappa shape index (κ1) is 15.2. The van der Waals surface area contributed by atoms with E-state index in [4.69, 9.17) is 0 Å². The Bertz CT molecular complexity index is 524. The summed E-state index contributed by atoms with van der Waals surface area (Å²) in [4.78, 5) is 0. The van der Waals surface area contributed by atoms with Crippen LogP contribution in [0, 0.1) is 11.1 Å². The lowest BCUT2D eigenvalue weighted by atomic mass is 9.95. The molecule has 1 unspecified atom stereocenters. The fourth-order valence-electron chi connectivity index (χ4n) is 2.41. The molecule has 0 spiro atoms. The maximum Gasteiger partial charge on any atom is 0.0257 e. The first-order chi connectivity index (χ1) is 9.58. The Hall–Kier alpha value is -1.16. The van der Waals surface area contributed by atoms with Gasteiger partial charge in [0.15, 0.2) is 0 Å². The van der Waals surface area contributed by atoms with Crippen LogP contribution in [0.5, 0.6) is 0 Å². The van der Waals surface area contributed by atoms with Crippen molar-refractivity contribution in [3.05, 3.63) is 75.4 Å². The molecule has 20 heavy (non-hydrogen) atoms. The highest BCUT2D eigenvalue weighted by atomic mass is 79.9. The summed E-state index contributed by atoms with van der Waals surface area (Å²) < 4.78 is 1.03. The summed E-state index contributed by atoms with van der Waals surface area (Å²) in [6, 6.07) is 17.8. The monoisotopic (exact) mass is 332 g/mol. The van der Waals surface area contributed by atoms with E-state index in [-0.39, 0.29) is 12.0 Å². The zero-order valence-corrected chi connectivity index (χ0v) is 13.4. The highest BCUT2D eigenvalue weighted by Gasteiger charge is 2.17. The van der Waals surface area contributed by atoms with Crippen LogP contribution >= 0.6 is 15.9 Å². The lowest BCUT2D eigenvalue weighted by Gasteiger charge is -2.40. The van der Waals surface area contributed by atoms with E-state index in [1.165, 1.54) is 5.06 Å². The van der Waals surface area contributed by atoms with E-state index in [1.54, 1.807) is 0 Å². The van der Waals surface area contributed by atoms with Gasteiger partial charge in [0.05, 0.1) is 0 Å². The Labute approximate surface area is 129 Å². The minimum atomic E-state index is -0.122. The van der Waals surface area contributed by atoms with E-state index in [9.17, 15) is 5.21 Å². The highest BCUT2D eigenvalue weighted by molar-refractivity contribution is 9.10. The zero-order chi connectivity index (χ0) is 14.5. The maximum atomic E-state index is 12.5. The molecule has 0 amide bonds. The summed E-state index contributed by atoms with van der Waals surface area (Å²) in [5.74, 6) is 0.261. The first-order valence-corrected chi connectivity index (χ1v) is 7.60. The van der Waals surface area contributed by atoms with E-state index in [2.05, 4.69) is 29.8 Å². The molecule has 3 heteroatoms. The van der Waals surface area contributed by atoms with Gasteiger partial charge < -0.3 is 10.3 Å². The van der Waals surface area contributed by atoms with Gasteiger partial charge in [-0.1, -0.05) is 72.2 Å². The maximum absolute atomic E-state index is 12.5. The standard InChI is InChI=1S/C17H19BrNO/c1-13(2)17(15-8-10-16(18)11-9-15)19(20)12-14-6-4-3-5-7-14/h3-11,13,17H,12H2,1-2H3/q-1. The molecule has 0 saturated carbocycles. The number of nitrogens with zero attached hydrogens (tertiary/aromatic N) is 1. The van der Waals surface area contributed by atoms with Crippen LogP contribution in [0.4, 0.5) is 0 Å². The highest BCUT2D eigenvalue weighted by Crippen LogP contribution is 2.30. The van der Waals surface area contributed by atoms with Gasteiger partial charge in [-0.15, -0.1) is 0 Å². The quantitative estimate of drug-likeness (QED) is 0.708. The van der Waals surface area contributed by atoms with Crippen molar-refractivity contribution < 1.29 is 0 Å². The van der Waals surface area contributed by atoms with Crippen molar-refractivity contribution in [1.82, 2.24) is 5.06 Å². The molecule has 2 nitrogen and oxygen atoms in total. The van der Waals surface area contributed by atoms with E-state index in [1.807, 2.05) is 54.6 Å². The number of halogens is 1. The fourth-order valence-corrected chi connectivity index (χ4v) is 2.67. The molecular formula is C17H19BrNO-. The van der Waals surface area contributed by atoms with Crippen molar-refractivity contribution in [2.75, 3.05) is 0 Å². The molecule has 0 aliphatic carbocycles. The summed E-state index contributed by atoms with van der Waals surface area (Å²) in [5.41, 5.74) is 2.11. The number of rotatable bonds is 5. The third-order valence-electron chi connectivity index (χ3n) is 3.33. The zero-order valence-electron chi connectivity index (χ0n) is 11.8. The molecule has 2 aromatic rings. The molecule has 0 aliphatic heterocycles. The smallest absolute Gasteiger partial charge is 0.0257 e. The molecule has 0 aliphatic rings. The Morgan fingerprint density at radius 3 is 2.15 bits per heavy atom. The Balaban J connectivity index is 2.18. The topological polar surface area (TPSA) is 26.3 Å². The average Bonchev–Trinajstić information content (AvgIpc) is 2.42. The van der Waals surface area contributed by atoms with Gasteiger partial charge in [0, 0.05) is 17.1 Å². The van der Waals surface area contributed by atoms with Gasteiger partial charge in [-0.05, 0) is 29.2 Å². The average molecular weight is 333 g/mol. The van der Waals surface area contributed by atoms with Crippen LogP contribution in [0.1, 0.15) is 31.0 Å². The van der Waals surface area contributed by atoms with Crippen LogP contribution in [0.2, 0.25) is 0 Å². The van der Waals surface area contributed by atoms with Crippen molar-refractivity contribution in [3.8, 4) is 0 Å². The van der Waals surface area contributed by atoms with Crippen molar-refractivity contribution in [2.24, 2.45) is 5.92 Å². The van der Waals surface area contributed by atoms with Gasteiger partial charge in [-0.3, -0.25) is 0 Å². The molecule has 0 N–H and O–H groups in total. The van der Waals surface area contributed by atoms with Crippen molar-refractivity contribution in [2.45, 2.75) is 26.4 Å². The summed E-state index contributed by atoms with van der Waals surface area (Å²) in [5, 5.41) is 13.7. The van der Waals surface area contributed by atoms with E-state index in [0.717, 1.165) is 15.6 Å². The van der Waals surface area contributed by atoms with Gasteiger partial charge >= 0.3 is 0 Å². The minimum absolute atomic E-state index is 0.122. The molecule has 0 heterocycles. The lowest BCUT2D eigenvalue weighted by Crippen LogP contribution is -2.26. The Morgan fingerprint density at radius 2 is 1.60 bits per heavy atom. The van der Waals surface area contributed by atoms with E-state index in [0.29, 0.717) is 6.54 Å². The normalized spacial score (nSPS) is 12.9. The summed E-state index contributed by atoms with van der Waals surface area (Å²) >= 11 is 3.43. The van der Waals surface area contributed by atoms with Gasteiger partial charge in [0.2, 0.25) is 0 Å². The molecule has 2 aromatic carbocycles. The second kappa shape index (κ2) is 7.02. The van der Waals surface area contributed by atoms with Crippen LogP contribution in [0.3, 0.4) is 0 Å². The van der Waals surface area contributed by atoms with Crippen LogP contribution < -0.4 is 0 Å². The predicted molar refractivity (Wildman–Crippen MR) is 87.1 cm³/mol. The predicted octanol–water partition coefficient (Wildman–Crippen LogP) is 5.15. The third-order valence-corrected chi connectivity index (χ3v) is 3.86. The molecule has 1 atom stereocenters. The number of hydrogen-bond donors (Lipinski definition) is 0. The molecule has 0 aromatic heterocycles. The number of benzene rings is 2. The molecule has 0 bridgehead atoms. The number of hydroxylamine groups is 2. The van der Waals surface area contributed by atoms with Crippen LogP contribution in [0.25, 0.3) is 0 Å². The van der Waals surface area contributed by atoms with Gasteiger partial charge in [-0.2, -0.15) is 0 Å². The van der Waals surface area contributed by atoms with Crippen LogP contribution in [0.15, 0.2) is 59.1 Å². The fraction of sp³-hybridized carbons (Fsp3) is 0.294. The molecule has 0 saturated heterocycles. The van der Waals surface area contributed by atoms with Crippen molar-refractivity contribution >= 4 is 15.9 Å². The molecule has 2 rings (SSSR count). The molecular weight excluding hydrogens is 314 g/mol. The van der Waals surface area contributed by atoms with Gasteiger partial charge in [-0.25, -0.2) is 0 Å². The number of hydrogen-bond acceptors (Lipinski definition) is 2. The lowest BCUT2D eigenvalue weighted by molar-refractivity contribution is 0.216. The van der Waals surface area contributed by atoms with E-state index >= 15 is 0 Å². The largest absolute Gasteiger partial charge is 0.784 e. The summed E-state index contributed by atoms with van der Waals surface area (Å²) in [7, 11) is 0. The summed E-state index contributed by atoms with van der Waals surface area (Å²) in [6.45, 7) is 4.59. The third kappa shape index (κ3) is 3.92. The van der Waals surface area contributed by atoms with E-state index < -0.39 is 0 Å².